The van der Waals surface area contributed by atoms with Crippen LogP contribution in [-0.2, 0) is 4.79 Å². The number of hydrogen-bond acceptors (Lipinski definition) is 6. The molecule has 0 unspecified atom stereocenters. The van der Waals surface area contributed by atoms with Gasteiger partial charge in [-0.2, -0.15) is 0 Å². The van der Waals surface area contributed by atoms with Crippen LogP contribution in [0.5, 0.6) is 0 Å². The fraction of sp³-hybridized carbons (Fsp3) is 0.929. The number of hydrogen-bond donors (Lipinski definition) is 6. The number of unbranched alkanes of at least 4 members (excludes halogenated alkanes) is 1. The van der Waals surface area contributed by atoms with Gasteiger partial charge in [0.1, 0.15) is 5.54 Å². The summed E-state index contributed by atoms with van der Waals surface area (Å²) < 4.78 is 0. The van der Waals surface area contributed by atoms with Crippen LogP contribution in [0.1, 0.15) is 45.4 Å². The number of carboxylic acids is 1. The summed E-state index contributed by atoms with van der Waals surface area (Å²) in [5, 5.41) is 33.9. The van der Waals surface area contributed by atoms with Crippen molar-refractivity contribution >= 4 is 13.1 Å². The van der Waals surface area contributed by atoms with Gasteiger partial charge in [0.2, 0.25) is 0 Å². The maximum atomic E-state index is 11.7. The zero-order valence-corrected chi connectivity index (χ0v) is 13.4. The molecular weight excluding hydrogens is 285 g/mol. The molecule has 8 heteroatoms. The second kappa shape index (κ2) is 9.47. The minimum atomic E-state index is -1.31. The molecule has 22 heavy (non-hydrogen) atoms. The van der Waals surface area contributed by atoms with E-state index < -0.39 is 18.6 Å². The molecule has 1 aliphatic heterocycles. The van der Waals surface area contributed by atoms with E-state index in [1.807, 2.05) is 6.92 Å². The number of nitrogens with one attached hydrogen (secondary N) is 2. The molecule has 0 spiro atoms. The fourth-order valence-corrected chi connectivity index (χ4v) is 2.93. The van der Waals surface area contributed by atoms with Crippen molar-refractivity contribution in [2.24, 2.45) is 5.73 Å². The van der Waals surface area contributed by atoms with Crippen LogP contribution >= 0.6 is 0 Å². The average molecular weight is 315 g/mol. The maximum absolute atomic E-state index is 11.7. The molecule has 7 nitrogen and oxygen atoms in total. The number of nitrogens with two attached hydrogens (primary N) is 1. The van der Waals surface area contributed by atoms with Gasteiger partial charge >= 0.3 is 13.1 Å². The maximum Gasteiger partial charge on any atom is 0.451 e. The molecule has 3 atom stereocenters. The highest BCUT2D eigenvalue weighted by Gasteiger charge is 2.42. The molecule has 1 heterocycles. The van der Waals surface area contributed by atoms with E-state index in [9.17, 15) is 9.90 Å². The van der Waals surface area contributed by atoms with E-state index >= 15 is 0 Å². The normalized spacial score (nSPS) is 26.6. The molecule has 0 bridgehead atoms. The molecule has 0 aromatic carbocycles. The highest BCUT2D eigenvalue weighted by molar-refractivity contribution is 6.40. The quantitative estimate of drug-likeness (QED) is 0.238. The molecule has 0 aliphatic carbocycles. The van der Waals surface area contributed by atoms with Crippen LogP contribution in [-0.4, -0.2) is 59.0 Å². The number of piperidine rings is 1. The van der Waals surface area contributed by atoms with Crippen molar-refractivity contribution in [1.29, 1.82) is 0 Å². The van der Waals surface area contributed by atoms with E-state index in [2.05, 4.69) is 10.6 Å². The van der Waals surface area contributed by atoms with Gasteiger partial charge in [-0.05, 0) is 38.5 Å². The Bertz CT molecular complexity index is 346. The van der Waals surface area contributed by atoms with Crippen LogP contribution in [0.15, 0.2) is 0 Å². The first-order valence-corrected chi connectivity index (χ1v) is 8.23. The lowest BCUT2D eigenvalue weighted by molar-refractivity contribution is -0.146. The van der Waals surface area contributed by atoms with Crippen LogP contribution in [0.2, 0.25) is 6.32 Å². The monoisotopic (exact) mass is 315 g/mol. The van der Waals surface area contributed by atoms with E-state index in [0.717, 1.165) is 12.8 Å². The number of carbonyl (C=O) groups is 1. The Labute approximate surface area is 132 Å². The van der Waals surface area contributed by atoms with Gasteiger partial charge in [-0.1, -0.05) is 19.8 Å². The Kier molecular flexibility index (Phi) is 8.34. The predicted octanol–water partition coefficient (Wildman–Crippen LogP) is -0.468. The first kappa shape index (κ1) is 19.4. The first-order chi connectivity index (χ1) is 10.4. The highest BCUT2D eigenvalue weighted by Crippen LogP contribution is 2.26. The lowest BCUT2D eigenvalue weighted by Gasteiger charge is -2.39. The van der Waals surface area contributed by atoms with Crippen molar-refractivity contribution in [3.63, 3.8) is 0 Å². The lowest BCUT2D eigenvalue weighted by atomic mass is 9.78. The van der Waals surface area contributed by atoms with Crippen molar-refractivity contribution in [2.75, 3.05) is 13.1 Å². The van der Waals surface area contributed by atoms with E-state index in [1.165, 1.54) is 0 Å². The standard InChI is InChI=1S/C14H30BN3O4/c1-2-11(16)10-17-12-5-8-18-14(9-12,13(19)20)6-3-4-7-15(21)22/h11-12,17-18,21-22H,2-10,16H2,1H3,(H,19,20)/t11-,12-,14+/m0/s1. The summed E-state index contributed by atoms with van der Waals surface area (Å²) in [5.41, 5.74) is 4.98. The molecule has 0 aromatic rings. The zero-order valence-electron chi connectivity index (χ0n) is 13.4. The fourth-order valence-electron chi connectivity index (χ4n) is 2.93. The second-order valence-electron chi connectivity index (χ2n) is 6.31. The molecule has 0 saturated carbocycles. The van der Waals surface area contributed by atoms with Crippen LogP contribution in [0.25, 0.3) is 0 Å². The van der Waals surface area contributed by atoms with Gasteiger partial charge in [0.15, 0.2) is 0 Å². The topological polar surface area (TPSA) is 128 Å². The molecule has 1 fully saturated rings. The molecule has 128 valence electrons. The van der Waals surface area contributed by atoms with Gasteiger partial charge in [0, 0.05) is 18.6 Å². The van der Waals surface area contributed by atoms with Crippen LogP contribution in [0.4, 0.5) is 0 Å². The molecule has 0 radical (unpaired) electrons. The molecule has 7 N–H and O–H groups in total. The zero-order chi connectivity index (χ0) is 16.6. The van der Waals surface area contributed by atoms with E-state index in [1.54, 1.807) is 0 Å². The van der Waals surface area contributed by atoms with Crippen molar-refractivity contribution in [3.05, 3.63) is 0 Å². The summed E-state index contributed by atoms with van der Waals surface area (Å²) >= 11 is 0. The van der Waals surface area contributed by atoms with E-state index in [0.29, 0.717) is 38.8 Å². The van der Waals surface area contributed by atoms with Gasteiger partial charge in [0.05, 0.1) is 0 Å². The number of carboxylic acid groups (broad SMARTS) is 1. The second-order valence-corrected chi connectivity index (χ2v) is 6.31. The van der Waals surface area contributed by atoms with Crippen LogP contribution < -0.4 is 16.4 Å². The third-order valence-electron chi connectivity index (χ3n) is 4.47. The summed E-state index contributed by atoms with van der Waals surface area (Å²) in [7, 11) is -1.31. The average Bonchev–Trinajstić information content (AvgIpc) is 2.49. The summed E-state index contributed by atoms with van der Waals surface area (Å²) in [6, 6.07) is 0.249. The summed E-state index contributed by atoms with van der Waals surface area (Å²) in [6.45, 7) is 3.40. The summed E-state index contributed by atoms with van der Waals surface area (Å²) in [6.07, 6.45) is 4.34. The van der Waals surface area contributed by atoms with Crippen LogP contribution in [0.3, 0.4) is 0 Å². The predicted molar refractivity (Wildman–Crippen MR) is 86.5 cm³/mol. The van der Waals surface area contributed by atoms with Crippen LogP contribution in [0, 0.1) is 0 Å². The SMILES string of the molecule is CC[C@H](N)CN[C@H]1CCN[C@@](CCCCB(O)O)(C(=O)O)C1. The van der Waals surface area contributed by atoms with Gasteiger partial charge in [-0.15, -0.1) is 0 Å². The van der Waals surface area contributed by atoms with Gasteiger partial charge in [-0.25, -0.2) is 0 Å². The smallest absolute Gasteiger partial charge is 0.451 e. The minimum absolute atomic E-state index is 0.0974. The number of rotatable bonds is 10. The Morgan fingerprint density at radius 1 is 1.50 bits per heavy atom. The molecule has 1 aliphatic rings. The summed E-state index contributed by atoms with van der Waals surface area (Å²) in [5.74, 6) is -0.830. The Morgan fingerprint density at radius 3 is 2.82 bits per heavy atom. The minimum Gasteiger partial charge on any atom is -0.480 e. The van der Waals surface area contributed by atoms with E-state index in [-0.39, 0.29) is 18.4 Å². The van der Waals surface area contributed by atoms with Crippen molar-refractivity contribution in [1.82, 2.24) is 10.6 Å². The van der Waals surface area contributed by atoms with Crippen molar-refractivity contribution in [2.45, 2.75) is 69.4 Å². The molecule has 0 aromatic heterocycles. The molecule has 0 amide bonds. The van der Waals surface area contributed by atoms with Gasteiger partial charge < -0.3 is 31.5 Å². The van der Waals surface area contributed by atoms with Gasteiger partial charge in [-0.3, -0.25) is 4.79 Å². The largest absolute Gasteiger partial charge is 0.480 e. The van der Waals surface area contributed by atoms with Crippen molar-refractivity contribution < 1.29 is 19.9 Å². The third-order valence-corrected chi connectivity index (χ3v) is 4.47. The lowest BCUT2D eigenvalue weighted by Crippen LogP contribution is -2.60. The summed E-state index contributed by atoms with van der Waals surface area (Å²) in [4.78, 5) is 11.7. The molecule has 1 saturated heterocycles. The molecule has 1 rings (SSSR count). The first-order valence-electron chi connectivity index (χ1n) is 8.23. The Morgan fingerprint density at radius 2 is 2.23 bits per heavy atom. The Balaban J connectivity index is 2.51. The van der Waals surface area contributed by atoms with Gasteiger partial charge in [0.25, 0.3) is 0 Å². The van der Waals surface area contributed by atoms with E-state index in [4.69, 9.17) is 15.8 Å². The molecular formula is C14H30BN3O4. The Hall–Kier alpha value is -0.665. The van der Waals surface area contributed by atoms with Crippen molar-refractivity contribution in [3.8, 4) is 0 Å². The third kappa shape index (κ3) is 6.22. The number of aliphatic carboxylic acids is 1. The highest BCUT2D eigenvalue weighted by atomic mass is 16.4.